The minimum absolute atomic E-state index is 0.319. The van der Waals surface area contributed by atoms with E-state index in [4.69, 9.17) is 0 Å². The van der Waals surface area contributed by atoms with Gasteiger partial charge in [0, 0.05) is 0 Å². The van der Waals surface area contributed by atoms with Crippen LogP contribution in [0.15, 0.2) is 29.4 Å². The third-order valence-corrected chi connectivity index (χ3v) is 33.1. The average molecular weight is 1630 g/mol. The van der Waals surface area contributed by atoms with Gasteiger partial charge >= 0.3 is 0 Å². The molecule has 6 nitrogen and oxygen atoms in total. The third-order valence-electron chi connectivity index (χ3n) is 23.2. The summed E-state index contributed by atoms with van der Waals surface area (Å²) in [6.45, 7) is 13.7. The van der Waals surface area contributed by atoms with E-state index in [2.05, 4.69) is 41.5 Å². The highest BCUT2D eigenvalue weighted by molar-refractivity contribution is 7.99. The van der Waals surface area contributed by atoms with Gasteiger partial charge in [-0.15, -0.1) is 0 Å². The number of rotatable bonds is 90. The van der Waals surface area contributed by atoms with Gasteiger partial charge in [-0.05, 0) is 144 Å². The number of unbranched alkanes of at least 4 members (excludes halogenated alkanes) is 72. The number of hydrogen-bond acceptors (Lipinski definition) is 6. The second-order valence-electron chi connectivity index (χ2n) is 33.7. The predicted molar refractivity (Wildman–Crippen MR) is 488 cm³/mol. The normalized spacial score (nSPS) is 13.7. The summed E-state index contributed by atoms with van der Waals surface area (Å²) in [4.78, 5) is 1.91. The van der Waals surface area contributed by atoms with E-state index in [-0.39, 0.29) is 0 Å². The molecular formula is C96H186O6S6. The highest BCUT2D eigenvalue weighted by Crippen LogP contribution is 2.47. The molecule has 642 valence electrons. The first kappa shape index (κ1) is 107. The molecule has 0 saturated heterocycles. The number of benzene rings is 1. The summed E-state index contributed by atoms with van der Waals surface area (Å²) < 4.78 is 96.9. The van der Waals surface area contributed by atoms with E-state index in [1.165, 1.54) is 347 Å². The van der Waals surface area contributed by atoms with E-state index in [9.17, 15) is 0 Å². The Hall–Kier alpha value is 1.08. The Morgan fingerprint density at radius 2 is 0.176 bits per heavy atom. The maximum absolute atomic E-state index is 16.2. The smallest absolute Gasteiger partial charge is 0.273 e. The Morgan fingerprint density at radius 1 is 0.111 bits per heavy atom. The quantitative estimate of drug-likeness (QED) is 0.0470. The van der Waals surface area contributed by atoms with Crippen molar-refractivity contribution in [3.05, 3.63) is 0 Å². The molecule has 0 aliphatic carbocycles. The first-order valence-electron chi connectivity index (χ1n) is 48.7. The van der Waals surface area contributed by atoms with Crippen molar-refractivity contribution in [3.8, 4) is 0 Å². The van der Waals surface area contributed by atoms with Crippen molar-refractivity contribution in [1.82, 2.24) is 0 Å². The maximum atomic E-state index is 16.2. The highest BCUT2D eigenvalue weighted by Gasteiger charge is 2.53. The summed E-state index contributed by atoms with van der Waals surface area (Å²) in [6.07, 6.45) is 93.5. The van der Waals surface area contributed by atoms with Crippen LogP contribution in [0.3, 0.4) is 0 Å². The summed E-state index contributed by atoms with van der Waals surface area (Å²) in [6, 6.07) is 0. The van der Waals surface area contributed by atoms with Crippen molar-refractivity contribution in [3.63, 3.8) is 0 Å². The van der Waals surface area contributed by atoms with Gasteiger partial charge in [0.1, 0.15) is 34.5 Å². The van der Waals surface area contributed by atoms with Crippen molar-refractivity contribution in [2.24, 2.45) is 0 Å². The lowest BCUT2D eigenvalue weighted by molar-refractivity contribution is 0.527. The molecule has 0 heterocycles. The standard InChI is InChI=1S/C96H186O6S6/c1-7-13-19-25-31-37-43-49-55-61-67-73-79-85-103(97)91-92(104(98)86-80-74-68-62-56-50-44-38-32-26-20-14-8-2)94(106(100)88-82-76-70-64-58-52-46-40-34-28-22-16-10-4)96(108(102)90-84-78-72-66-60-54-48-42-36-30-24-18-12-6)95(107(101)89-83-77-71-65-59-53-47-41-35-29-23-17-11-5)93(91)105(99)87-81-75-69-63-57-51-45-39-33-27-21-15-9-3/h7-90H2,1-6H3. The SMILES string of the molecule is CCCCCCCCCCCCCCC[S+]([O-])c1c([S+]([O-])CCCCCCCCCCCCCCC)c([S+]([O-])CCCCCCCCCCCCCCC)c([S+]([O-])CCCCCCCCCCCCCCC)c([S+]([O-])CCCCCCCCCCCCCCC)c1[S+]([O-])CCCCCCCCCCCCCCC. The first-order chi connectivity index (χ1) is 53.2. The van der Waals surface area contributed by atoms with Crippen LogP contribution in [-0.2, 0) is 67.1 Å². The van der Waals surface area contributed by atoms with Gasteiger partial charge < -0.3 is 27.3 Å². The molecule has 1 aromatic carbocycles. The van der Waals surface area contributed by atoms with Gasteiger partial charge in [0.2, 0.25) is 0 Å². The molecule has 0 aliphatic heterocycles. The van der Waals surface area contributed by atoms with Gasteiger partial charge in [-0.25, -0.2) is 0 Å². The minimum atomic E-state index is -1.78. The lowest BCUT2D eigenvalue weighted by Crippen LogP contribution is -2.30. The molecule has 6 atom stereocenters. The largest absolute Gasteiger partial charge is 0.611 e. The van der Waals surface area contributed by atoms with Crippen LogP contribution in [0.25, 0.3) is 0 Å². The third kappa shape index (κ3) is 62.3. The lowest BCUT2D eigenvalue weighted by Gasteiger charge is -2.27. The second-order valence-corrected chi connectivity index (χ2v) is 42.8. The molecule has 1 rings (SSSR count). The van der Waals surface area contributed by atoms with Crippen molar-refractivity contribution in [2.45, 2.75) is 572 Å². The van der Waals surface area contributed by atoms with Gasteiger partial charge in [0.05, 0.1) is 0 Å². The van der Waals surface area contributed by atoms with Crippen molar-refractivity contribution in [2.75, 3.05) is 34.5 Å². The van der Waals surface area contributed by atoms with E-state index < -0.39 is 67.1 Å². The van der Waals surface area contributed by atoms with Crippen molar-refractivity contribution < 1.29 is 27.3 Å². The molecule has 0 bridgehead atoms. The van der Waals surface area contributed by atoms with E-state index >= 15 is 27.3 Å². The molecule has 0 fully saturated rings. The summed E-state index contributed by atoms with van der Waals surface area (Å²) in [5.41, 5.74) is 0. The van der Waals surface area contributed by atoms with E-state index in [0.29, 0.717) is 102 Å². The molecule has 6 unspecified atom stereocenters. The minimum Gasteiger partial charge on any atom is -0.611 e. The monoisotopic (exact) mass is 1630 g/mol. The molecule has 0 aromatic heterocycles. The Morgan fingerprint density at radius 3 is 0.250 bits per heavy atom. The molecule has 0 saturated carbocycles. The van der Waals surface area contributed by atoms with Crippen LogP contribution < -0.4 is 0 Å². The molecule has 12 heteroatoms. The van der Waals surface area contributed by atoms with Crippen LogP contribution >= 0.6 is 0 Å². The Labute approximate surface area is 695 Å². The summed E-state index contributed by atoms with van der Waals surface area (Å²) in [7, 11) is 0. The fourth-order valence-corrected chi connectivity index (χ4v) is 27.4. The number of hydrogen-bond donors (Lipinski definition) is 0. The fourth-order valence-electron chi connectivity index (χ4n) is 16.0. The molecule has 0 N–H and O–H groups in total. The van der Waals surface area contributed by atoms with Crippen molar-refractivity contribution in [1.29, 1.82) is 0 Å². The summed E-state index contributed by atoms with van der Waals surface area (Å²) in [5, 5.41) is 0. The summed E-state index contributed by atoms with van der Waals surface area (Å²) >= 11 is -10.7. The second kappa shape index (κ2) is 84.5. The Balaban J connectivity index is 4.09. The van der Waals surface area contributed by atoms with Crippen LogP contribution in [0.2, 0.25) is 0 Å². The zero-order valence-corrected chi connectivity index (χ0v) is 78.2. The topological polar surface area (TPSA) is 138 Å². The molecule has 0 aliphatic rings. The zero-order chi connectivity index (χ0) is 78.3. The van der Waals surface area contributed by atoms with Crippen LogP contribution in [0, 0.1) is 0 Å². The van der Waals surface area contributed by atoms with Crippen molar-refractivity contribution >= 4 is 67.1 Å². The predicted octanol–water partition coefficient (Wildman–Crippen LogP) is 32.9. The van der Waals surface area contributed by atoms with Gasteiger partial charge in [-0.3, -0.25) is 0 Å². The van der Waals surface area contributed by atoms with Crippen LogP contribution in [0.4, 0.5) is 0 Å². The van der Waals surface area contributed by atoms with Gasteiger partial charge in [0.15, 0.2) is 0 Å². The van der Waals surface area contributed by atoms with E-state index in [0.717, 1.165) is 116 Å². The van der Waals surface area contributed by atoms with Gasteiger partial charge in [0.25, 0.3) is 29.4 Å². The van der Waals surface area contributed by atoms with Crippen LogP contribution in [-0.4, -0.2) is 61.8 Å². The van der Waals surface area contributed by atoms with Crippen LogP contribution in [0.5, 0.6) is 0 Å². The fraction of sp³-hybridized carbons (Fsp3) is 0.938. The Kier molecular flexibility index (Phi) is 83.8. The van der Waals surface area contributed by atoms with Gasteiger partial charge in [-0.1, -0.05) is 465 Å². The average Bonchev–Trinajstić information content (AvgIpc) is 0.731. The molecule has 0 radical (unpaired) electrons. The van der Waals surface area contributed by atoms with E-state index in [1.54, 1.807) is 0 Å². The maximum Gasteiger partial charge on any atom is 0.273 e. The van der Waals surface area contributed by atoms with Crippen LogP contribution in [0.1, 0.15) is 542 Å². The molecule has 108 heavy (non-hydrogen) atoms. The molecular weight excluding hydrogens is 1440 g/mol. The molecule has 0 amide bonds. The van der Waals surface area contributed by atoms with Gasteiger partial charge in [-0.2, -0.15) is 0 Å². The van der Waals surface area contributed by atoms with E-state index in [1.807, 2.05) is 0 Å². The highest BCUT2D eigenvalue weighted by atomic mass is 32.2. The first-order valence-corrected chi connectivity index (χ1v) is 56.6. The Bertz CT molecular complexity index is 1600. The molecule has 0 spiro atoms. The lowest BCUT2D eigenvalue weighted by atomic mass is 10.1. The summed E-state index contributed by atoms with van der Waals surface area (Å²) in [5.74, 6) is 1.92. The molecule has 1 aromatic rings. The zero-order valence-electron chi connectivity index (χ0n) is 73.3.